The van der Waals surface area contributed by atoms with Crippen LogP contribution in [0.4, 0.5) is 4.39 Å². The summed E-state index contributed by atoms with van der Waals surface area (Å²) in [4.78, 5) is 2.20. The van der Waals surface area contributed by atoms with Crippen molar-refractivity contribution in [1.29, 1.82) is 5.26 Å². The monoisotopic (exact) mass is 470 g/mol. The first-order valence-corrected chi connectivity index (χ1v) is 11.8. The summed E-state index contributed by atoms with van der Waals surface area (Å²) in [5, 5.41) is 19.2. The molecule has 0 aliphatic carbocycles. The van der Waals surface area contributed by atoms with E-state index in [2.05, 4.69) is 11.0 Å². The number of benzene rings is 3. The van der Waals surface area contributed by atoms with Crippen LogP contribution >= 0.6 is 0 Å². The third-order valence-corrected chi connectivity index (χ3v) is 6.71. The first-order valence-electron chi connectivity index (χ1n) is 11.8. The molecule has 5 rings (SSSR count). The normalized spacial score (nSPS) is 17.8. The van der Waals surface area contributed by atoms with Gasteiger partial charge in [-0.25, -0.2) is 0 Å². The van der Waals surface area contributed by atoms with Crippen molar-refractivity contribution in [3.05, 3.63) is 89.0 Å². The van der Waals surface area contributed by atoms with E-state index in [1.165, 1.54) is 0 Å². The fourth-order valence-electron chi connectivity index (χ4n) is 4.76. The molecule has 0 spiro atoms. The van der Waals surface area contributed by atoms with E-state index in [1.54, 1.807) is 30.3 Å². The molecule has 1 atom stereocenters. The fraction of sp³-hybridized carbons (Fsp3) is 0.276. The lowest BCUT2D eigenvalue weighted by Crippen LogP contribution is -2.49. The predicted octanol–water partition coefficient (Wildman–Crippen LogP) is 5.61. The van der Waals surface area contributed by atoms with E-state index >= 15 is 0 Å². The summed E-state index contributed by atoms with van der Waals surface area (Å²) in [6.07, 6.45) is -0.354. The van der Waals surface area contributed by atoms with Crippen molar-refractivity contribution < 1.29 is 19.0 Å². The highest BCUT2D eigenvalue weighted by Crippen LogP contribution is 2.47. The number of halogens is 1. The number of hydrogen-bond acceptors (Lipinski definition) is 5. The Balaban J connectivity index is 1.38. The molecular formula is C29H27FN2O3. The van der Waals surface area contributed by atoms with E-state index in [-0.39, 0.29) is 24.4 Å². The fourth-order valence-corrected chi connectivity index (χ4v) is 4.76. The second-order valence-corrected chi connectivity index (χ2v) is 9.10. The molecule has 0 radical (unpaired) electrons. The van der Waals surface area contributed by atoms with Crippen LogP contribution in [0.1, 0.15) is 35.3 Å². The molecule has 3 aromatic rings. The van der Waals surface area contributed by atoms with Crippen molar-refractivity contribution in [2.45, 2.75) is 13.0 Å². The Morgan fingerprint density at radius 2 is 1.83 bits per heavy atom. The van der Waals surface area contributed by atoms with E-state index < -0.39 is 0 Å². The van der Waals surface area contributed by atoms with E-state index in [1.807, 2.05) is 43.3 Å². The lowest BCUT2D eigenvalue weighted by atomic mass is 9.86. The third-order valence-electron chi connectivity index (χ3n) is 6.71. The van der Waals surface area contributed by atoms with Crippen molar-refractivity contribution in [3.63, 3.8) is 0 Å². The zero-order valence-corrected chi connectivity index (χ0v) is 19.6. The van der Waals surface area contributed by atoms with E-state index in [0.717, 1.165) is 53.2 Å². The molecule has 2 heterocycles. The number of alkyl halides is 1. The Hall–Kier alpha value is -3.82. The number of ether oxygens (including phenoxy) is 2. The van der Waals surface area contributed by atoms with Gasteiger partial charge in [-0.3, -0.25) is 9.29 Å². The molecule has 3 aromatic carbocycles. The standard InChI is InChI=1S/C29H27FN2O3/c1-19-26-14-24(33)8-11-27(26)35-29(28(19)22-4-2-20(16-31)3-5-22)23-6-9-25(10-7-23)34-13-12-32-17-21(15-30)18-32/h2-11,14,21,29,33H,12-13,15,17-18H2,1H3/t29-/m0/s1. The summed E-state index contributed by atoms with van der Waals surface area (Å²) in [5.74, 6) is 1.85. The van der Waals surface area contributed by atoms with Gasteiger partial charge in [0.25, 0.3) is 0 Å². The molecule has 0 unspecified atom stereocenters. The topological polar surface area (TPSA) is 65.7 Å². The van der Waals surface area contributed by atoms with Crippen LogP contribution in [0.3, 0.4) is 0 Å². The Morgan fingerprint density at radius 3 is 2.51 bits per heavy atom. The third kappa shape index (κ3) is 4.73. The molecule has 0 bridgehead atoms. The van der Waals surface area contributed by atoms with Gasteiger partial charge >= 0.3 is 0 Å². The van der Waals surface area contributed by atoms with Gasteiger partial charge in [-0.1, -0.05) is 24.3 Å². The average molecular weight is 471 g/mol. The Bertz CT molecular complexity index is 1270. The van der Waals surface area contributed by atoms with Gasteiger partial charge in [0.2, 0.25) is 0 Å². The molecule has 0 amide bonds. The van der Waals surface area contributed by atoms with Gasteiger partial charge in [-0.15, -0.1) is 0 Å². The maximum atomic E-state index is 12.6. The first-order chi connectivity index (χ1) is 17.1. The van der Waals surface area contributed by atoms with Crippen LogP contribution in [-0.4, -0.2) is 42.9 Å². The van der Waals surface area contributed by atoms with Crippen molar-refractivity contribution in [3.8, 4) is 23.3 Å². The minimum absolute atomic E-state index is 0.181. The number of fused-ring (bicyclic) bond motifs is 1. The Labute approximate surface area is 204 Å². The number of phenolic OH excluding ortho intramolecular Hbond substituents is 1. The van der Waals surface area contributed by atoms with Crippen LogP contribution < -0.4 is 9.47 Å². The van der Waals surface area contributed by atoms with Crippen LogP contribution in [0.15, 0.2) is 66.7 Å². The molecule has 178 valence electrons. The van der Waals surface area contributed by atoms with Crippen LogP contribution in [-0.2, 0) is 0 Å². The number of phenols is 1. The quantitative estimate of drug-likeness (QED) is 0.486. The van der Waals surface area contributed by atoms with Crippen molar-refractivity contribution >= 4 is 11.1 Å². The van der Waals surface area contributed by atoms with E-state index in [9.17, 15) is 14.8 Å². The van der Waals surface area contributed by atoms with E-state index in [4.69, 9.17) is 9.47 Å². The van der Waals surface area contributed by atoms with Gasteiger partial charge in [0.05, 0.1) is 18.3 Å². The van der Waals surface area contributed by atoms with Gasteiger partial charge in [0.1, 0.15) is 30.0 Å². The van der Waals surface area contributed by atoms with Gasteiger partial charge in [-0.05, 0) is 66.1 Å². The number of aromatic hydroxyl groups is 1. The lowest BCUT2D eigenvalue weighted by molar-refractivity contribution is 0.0668. The minimum Gasteiger partial charge on any atom is -0.508 e. The van der Waals surface area contributed by atoms with Crippen molar-refractivity contribution in [2.75, 3.05) is 32.9 Å². The van der Waals surface area contributed by atoms with Crippen molar-refractivity contribution in [2.24, 2.45) is 5.92 Å². The maximum absolute atomic E-state index is 12.6. The summed E-state index contributed by atoms with van der Waals surface area (Å²) in [7, 11) is 0. The molecular weight excluding hydrogens is 443 g/mol. The highest BCUT2D eigenvalue weighted by Gasteiger charge is 2.30. The predicted molar refractivity (Wildman–Crippen MR) is 133 cm³/mol. The summed E-state index contributed by atoms with van der Waals surface area (Å²) in [6, 6.07) is 22.7. The largest absolute Gasteiger partial charge is 0.508 e. The van der Waals surface area contributed by atoms with Gasteiger partial charge < -0.3 is 14.6 Å². The smallest absolute Gasteiger partial charge is 0.150 e. The molecule has 1 fully saturated rings. The second kappa shape index (κ2) is 9.81. The highest BCUT2D eigenvalue weighted by atomic mass is 19.1. The zero-order chi connectivity index (χ0) is 24.4. The van der Waals surface area contributed by atoms with Crippen molar-refractivity contribution in [1.82, 2.24) is 4.90 Å². The van der Waals surface area contributed by atoms with Crippen LogP contribution in [0.25, 0.3) is 11.1 Å². The Kier molecular flexibility index (Phi) is 6.43. The summed E-state index contributed by atoms with van der Waals surface area (Å²) >= 11 is 0. The number of hydrogen-bond donors (Lipinski definition) is 1. The number of allylic oxidation sites excluding steroid dienone is 1. The SMILES string of the molecule is CC1=C(c2ccc(C#N)cc2)[C@H](c2ccc(OCCN3CC(CF)C3)cc2)Oc2ccc(O)cc21. The first kappa shape index (κ1) is 22.9. The molecule has 35 heavy (non-hydrogen) atoms. The number of rotatable bonds is 7. The maximum Gasteiger partial charge on any atom is 0.150 e. The molecule has 2 aliphatic rings. The lowest BCUT2D eigenvalue weighted by Gasteiger charge is -2.37. The molecule has 5 nitrogen and oxygen atoms in total. The minimum atomic E-state index is -0.354. The number of likely N-dealkylation sites (tertiary alicyclic amines) is 1. The molecule has 0 aromatic heterocycles. The summed E-state index contributed by atoms with van der Waals surface area (Å²) in [6.45, 7) is 4.75. The summed E-state index contributed by atoms with van der Waals surface area (Å²) < 4.78 is 24.9. The van der Waals surface area contributed by atoms with E-state index in [0.29, 0.717) is 17.9 Å². The van der Waals surface area contributed by atoms with Crippen LogP contribution in [0.2, 0.25) is 0 Å². The number of nitrogens with zero attached hydrogens (tertiary/aromatic N) is 2. The zero-order valence-electron chi connectivity index (χ0n) is 19.6. The van der Waals surface area contributed by atoms with Crippen LogP contribution in [0, 0.1) is 17.2 Å². The average Bonchev–Trinajstić information content (AvgIpc) is 2.86. The van der Waals surface area contributed by atoms with Gasteiger partial charge in [0, 0.05) is 36.7 Å². The highest BCUT2D eigenvalue weighted by molar-refractivity contribution is 5.95. The molecule has 1 N–H and O–H groups in total. The molecule has 1 saturated heterocycles. The van der Waals surface area contributed by atoms with Crippen LogP contribution in [0.5, 0.6) is 17.2 Å². The second-order valence-electron chi connectivity index (χ2n) is 9.10. The van der Waals surface area contributed by atoms with Gasteiger partial charge in [-0.2, -0.15) is 5.26 Å². The van der Waals surface area contributed by atoms with Gasteiger partial charge in [0.15, 0.2) is 0 Å². The summed E-state index contributed by atoms with van der Waals surface area (Å²) in [5.41, 5.74) is 5.38. The number of nitriles is 1. The Morgan fingerprint density at radius 1 is 1.09 bits per heavy atom. The molecule has 2 aliphatic heterocycles. The molecule has 0 saturated carbocycles. The molecule has 6 heteroatoms.